The summed E-state index contributed by atoms with van der Waals surface area (Å²) in [7, 11) is 0. The van der Waals surface area contributed by atoms with E-state index in [1.807, 2.05) is 0 Å². The average Bonchev–Trinajstić information content (AvgIpc) is 2.41. The van der Waals surface area contributed by atoms with Crippen molar-refractivity contribution < 1.29 is 0 Å². The maximum absolute atomic E-state index is 3.62. The first kappa shape index (κ1) is 16.3. The van der Waals surface area contributed by atoms with Crippen LogP contribution >= 0.6 is 15.9 Å². The van der Waals surface area contributed by atoms with Gasteiger partial charge in [-0.1, -0.05) is 47.1 Å². The van der Waals surface area contributed by atoms with Gasteiger partial charge in [0.1, 0.15) is 0 Å². The van der Waals surface area contributed by atoms with Crippen molar-refractivity contribution in [2.24, 2.45) is 0 Å². The molecular formula is C19H24BrN. The molecule has 0 heterocycles. The van der Waals surface area contributed by atoms with E-state index in [1.54, 1.807) is 0 Å². The minimum absolute atomic E-state index is 0.355. The van der Waals surface area contributed by atoms with Gasteiger partial charge in [-0.3, -0.25) is 0 Å². The Hall–Kier alpha value is -1.12. The van der Waals surface area contributed by atoms with Gasteiger partial charge in [-0.15, -0.1) is 0 Å². The Bertz CT molecular complexity index is 599. The van der Waals surface area contributed by atoms with Crippen LogP contribution in [0.4, 0.5) is 0 Å². The van der Waals surface area contributed by atoms with Crippen molar-refractivity contribution in [3.05, 3.63) is 68.7 Å². The number of hydrogen-bond acceptors (Lipinski definition) is 1. The first-order valence-corrected chi connectivity index (χ1v) is 8.35. The van der Waals surface area contributed by atoms with E-state index in [9.17, 15) is 0 Å². The zero-order chi connectivity index (χ0) is 15.4. The lowest BCUT2D eigenvalue weighted by Gasteiger charge is -2.20. The first-order valence-electron chi connectivity index (χ1n) is 7.56. The summed E-state index contributed by atoms with van der Waals surface area (Å²) >= 11 is 3.61. The summed E-state index contributed by atoms with van der Waals surface area (Å²) in [6.45, 7) is 9.63. The van der Waals surface area contributed by atoms with Crippen LogP contribution in [0.5, 0.6) is 0 Å². The largest absolute Gasteiger partial charge is 0.310 e. The molecule has 0 amide bonds. The van der Waals surface area contributed by atoms with E-state index in [-0.39, 0.29) is 0 Å². The summed E-state index contributed by atoms with van der Waals surface area (Å²) in [5, 5.41) is 3.62. The Balaban J connectivity index is 2.27. The molecule has 0 aromatic heterocycles. The third-order valence-electron chi connectivity index (χ3n) is 3.93. The van der Waals surface area contributed by atoms with Crippen LogP contribution in [0.3, 0.4) is 0 Å². The third kappa shape index (κ3) is 4.42. The number of likely N-dealkylation sites (N-methyl/N-ethyl adjacent to an activating group) is 1. The molecule has 0 saturated carbocycles. The van der Waals surface area contributed by atoms with Gasteiger partial charge in [-0.25, -0.2) is 0 Å². The molecule has 0 aliphatic heterocycles. The van der Waals surface area contributed by atoms with Crippen LogP contribution in [-0.2, 0) is 6.42 Å². The summed E-state index contributed by atoms with van der Waals surface area (Å²) in [6, 6.07) is 13.8. The molecule has 112 valence electrons. The van der Waals surface area contributed by atoms with Crippen molar-refractivity contribution in [3.8, 4) is 0 Å². The minimum Gasteiger partial charge on any atom is -0.310 e. The molecular weight excluding hydrogens is 322 g/mol. The molecule has 2 aromatic carbocycles. The van der Waals surface area contributed by atoms with E-state index in [0.29, 0.717) is 6.04 Å². The number of halogens is 1. The quantitative estimate of drug-likeness (QED) is 0.778. The molecule has 0 aliphatic rings. The molecule has 2 aromatic rings. The topological polar surface area (TPSA) is 12.0 Å². The molecule has 0 fully saturated rings. The van der Waals surface area contributed by atoms with Crippen LogP contribution in [0.25, 0.3) is 0 Å². The molecule has 2 heteroatoms. The molecule has 0 spiro atoms. The van der Waals surface area contributed by atoms with Gasteiger partial charge in [0.15, 0.2) is 0 Å². The maximum atomic E-state index is 3.62. The number of hydrogen-bond donors (Lipinski definition) is 1. The molecule has 1 N–H and O–H groups in total. The number of benzene rings is 2. The minimum atomic E-state index is 0.355. The molecule has 21 heavy (non-hydrogen) atoms. The molecule has 0 radical (unpaired) electrons. The van der Waals surface area contributed by atoms with Gasteiger partial charge in [0, 0.05) is 10.5 Å². The van der Waals surface area contributed by atoms with Crippen LogP contribution in [-0.4, -0.2) is 6.54 Å². The van der Waals surface area contributed by atoms with Gasteiger partial charge in [0.2, 0.25) is 0 Å². The molecule has 0 saturated heterocycles. The van der Waals surface area contributed by atoms with Gasteiger partial charge in [0.05, 0.1) is 0 Å². The Labute approximate surface area is 136 Å². The van der Waals surface area contributed by atoms with Crippen LogP contribution in [0.2, 0.25) is 0 Å². The highest BCUT2D eigenvalue weighted by atomic mass is 79.9. The zero-order valence-corrected chi connectivity index (χ0v) is 14.9. The van der Waals surface area contributed by atoms with Gasteiger partial charge in [0.25, 0.3) is 0 Å². The molecule has 1 nitrogen and oxygen atoms in total. The molecule has 0 bridgehead atoms. The average molecular weight is 346 g/mol. The van der Waals surface area contributed by atoms with Crippen molar-refractivity contribution in [2.45, 2.75) is 40.2 Å². The fraction of sp³-hybridized carbons (Fsp3) is 0.368. The van der Waals surface area contributed by atoms with Crippen LogP contribution < -0.4 is 5.32 Å². The highest BCUT2D eigenvalue weighted by molar-refractivity contribution is 9.10. The van der Waals surface area contributed by atoms with E-state index >= 15 is 0 Å². The highest BCUT2D eigenvalue weighted by Gasteiger charge is 2.12. The van der Waals surface area contributed by atoms with E-state index in [1.165, 1.54) is 27.8 Å². The number of rotatable bonds is 5. The van der Waals surface area contributed by atoms with Crippen LogP contribution in [0, 0.1) is 20.8 Å². The summed E-state index contributed by atoms with van der Waals surface area (Å²) in [4.78, 5) is 0. The summed E-state index contributed by atoms with van der Waals surface area (Å²) in [5.74, 6) is 0. The van der Waals surface area contributed by atoms with Gasteiger partial charge in [-0.05, 0) is 73.7 Å². The fourth-order valence-corrected chi connectivity index (χ4v) is 3.31. The highest BCUT2D eigenvalue weighted by Crippen LogP contribution is 2.24. The number of nitrogens with one attached hydrogen (secondary N) is 1. The summed E-state index contributed by atoms with van der Waals surface area (Å²) in [6.07, 6.45) is 1.02. The predicted molar refractivity (Wildman–Crippen MR) is 94.9 cm³/mol. The van der Waals surface area contributed by atoms with Gasteiger partial charge < -0.3 is 5.32 Å². The smallest absolute Gasteiger partial charge is 0.0361 e. The van der Waals surface area contributed by atoms with Crippen LogP contribution in [0.15, 0.2) is 40.9 Å². The van der Waals surface area contributed by atoms with Crippen molar-refractivity contribution in [2.75, 3.05) is 6.54 Å². The Kier molecular flexibility index (Phi) is 5.60. The lowest BCUT2D eigenvalue weighted by atomic mass is 9.95. The van der Waals surface area contributed by atoms with E-state index in [4.69, 9.17) is 0 Å². The lowest BCUT2D eigenvalue weighted by Crippen LogP contribution is -2.23. The SMILES string of the molecule is CCNC(Cc1ccc(C)c(C)c1)c1cc(C)cc(Br)c1. The predicted octanol–water partition coefficient (Wildman–Crippen LogP) is 5.27. The Morgan fingerprint density at radius 2 is 1.76 bits per heavy atom. The van der Waals surface area contributed by atoms with Gasteiger partial charge in [-0.2, -0.15) is 0 Å². The number of aryl methyl sites for hydroxylation is 3. The lowest BCUT2D eigenvalue weighted by molar-refractivity contribution is 0.549. The van der Waals surface area contributed by atoms with Crippen molar-refractivity contribution in [1.29, 1.82) is 0 Å². The zero-order valence-electron chi connectivity index (χ0n) is 13.3. The summed E-state index contributed by atoms with van der Waals surface area (Å²) < 4.78 is 1.15. The first-order chi connectivity index (χ1) is 9.99. The Morgan fingerprint density at radius 1 is 1.00 bits per heavy atom. The molecule has 1 unspecified atom stereocenters. The second kappa shape index (κ2) is 7.24. The van der Waals surface area contributed by atoms with Crippen LogP contribution in [0.1, 0.15) is 40.8 Å². The van der Waals surface area contributed by atoms with Crippen molar-refractivity contribution >= 4 is 15.9 Å². The Morgan fingerprint density at radius 3 is 2.38 bits per heavy atom. The normalized spacial score (nSPS) is 12.4. The second-order valence-corrected chi connectivity index (χ2v) is 6.71. The standard InChI is InChI=1S/C19H24BrN/c1-5-21-19(17-8-13(2)9-18(20)12-17)11-16-7-6-14(3)15(4)10-16/h6-10,12,19,21H,5,11H2,1-4H3. The van der Waals surface area contributed by atoms with Gasteiger partial charge >= 0.3 is 0 Å². The maximum Gasteiger partial charge on any atom is 0.0361 e. The molecule has 1 atom stereocenters. The monoisotopic (exact) mass is 345 g/mol. The van der Waals surface area contributed by atoms with E-state index in [0.717, 1.165) is 17.4 Å². The van der Waals surface area contributed by atoms with Crippen molar-refractivity contribution in [1.82, 2.24) is 5.32 Å². The summed E-state index contributed by atoms with van der Waals surface area (Å²) in [5.41, 5.74) is 6.76. The van der Waals surface area contributed by atoms with E-state index < -0.39 is 0 Å². The van der Waals surface area contributed by atoms with Crippen molar-refractivity contribution in [3.63, 3.8) is 0 Å². The van der Waals surface area contributed by atoms with E-state index in [2.05, 4.69) is 85.3 Å². The second-order valence-electron chi connectivity index (χ2n) is 5.79. The molecule has 2 rings (SSSR count). The third-order valence-corrected chi connectivity index (χ3v) is 4.39. The molecule has 0 aliphatic carbocycles. The fourth-order valence-electron chi connectivity index (χ4n) is 2.69.